The Morgan fingerprint density at radius 1 is 1.25 bits per heavy atom. The highest BCUT2D eigenvalue weighted by atomic mass is 16.5. The first-order valence-corrected chi connectivity index (χ1v) is 8.51. The van der Waals surface area contributed by atoms with Crippen LogP contribution in [0.1, 0.15) is 54.4 Å². The molecule has 1 N–H and O–H groups in total. The van der Waals surface area contributed by atoms with Crippen molar-refractivity contribution in [3.8, 4) is 0 Å². The van der Waals surface area contributed by atoms with Gasteiger partial charge in [-0.05, 0) is 30.4 Å². The maximum atomic E-state index is 12.9. The fraction of sp³-hybridized carbons (Fsp3) is 0.474. The molecule has 1 aliphatic rings. The van der Waals surface area contributed by atoms with Gasteiger partial charge in [0.2, 0.25) is 0 Å². The molecule has 1 aromatic carbocycles. The molecule has 0 spiro atoms. The van der Waals surface area contributed by atoms with E-state index in [9.17, 15) is 4.79 Å². The summed E-state index contributed by atoms with van der Waals surface area (Å²) in [5.41, 5.74) is 2.29. The van der Waals surface area contributed by atoms with Crippen LogP contribution in [0.2, 0.25) is 0 Å². The van der Waals surface area contributed by atoms with Gasteiger partial charge in [0.1, 0.15) is 5.69 Å². The van der Waals surface area contributed by atoms with E-state index in [2.05, 4.69) is 36.4 Å². The maximum absolute atomic E-state index is 12.9. The number of amides is 1. The van der Waals surface area contributed by atoms with Crippen LogP contribution in [0.4, 0.5) is 0 Å². The molecule has 0 radical (unpaired) electrons. The second-order valence-corrected chi connectivity index (χ2v) is 6.75. The molecule has 0 unspecified atom stereocenters. The monoisotopic (exact) mass is 327 g/mol. The van der Waals surface area contributed by atoms with Crippen molar-refractivity contribution in [2.24, 2.45) is 7.05 Å². The van der Waals surface area contributed by atoms with Gasteiger partial charge in [0, 0.05) is 20.3 Å². The van der Waals surface area contributed by atoms with Crippen LogP contribution in [0.15, 0.2) is 36.4 Å². The van der Waals surface area contributed by atoms with Crippen molar-refractivity contribution in [2.75, 3.05) is 13.2 Å². The first-order chi connectivity index (χ1) is 11.5. The lowest BCUT2D eigenvalue weighted by Crippen LogP contribution is -2.49. The Labute approximate surface area is 143 Å². The maximum Gasteiger partial charge on any atom is 0.270 e. The zero-order valence-corrected chi connectivity index (χ0v) is 14.6. The van der Waals surface area contributed by atoms with Crippen LogP contribution in [0.3, 0.4) is 0 Å². The molecular weight excluding hydrogens is 302 g/mol. The van der Waals surface area contributed by atoms with E-state index in [1.54, 1.807) is 4.68 Å². The van der Waals surface area contributed by atoms with Gasteiger partial charge in [-0.25, -0.2) is 0 Å². The third kappa shape index (κ3) is 3.22. The molecule has 1 amide bonds. The van der Waals surface area contributed by atoms with Crippen molar-refractivity contribution in [3.63, 3.8) is 0 Å². The van der Waals surface area contributed by atoms with E-state index in [0.29, 0.717) is 24.8 Å². The fourth-order valence-electron chi connectivity index (χ4n) is 3.23. The number of hydrogen-bond donors (Lipinski definition) is 1. The summed E-state index contributed by atoms with van der Waals surface area (Å²) >= 11 is 0. The van der Waals surface area contributed by atoms with Gasteiger partial charge in [0.05, 0.1) is 11.2 Å². The minimum Gasteiger partial charge on any atom is -0.381 e. The van der Waals surface area contributed by atoms with E-state index in [1.807, 2.05) is 31.3 Å². The summed E-state index contributed by atoms with van der Waals surface area (Å²) in [5.74, 6) is 0.214. The number of benzene rings is 1. The summed E-state index contributed by atoms with van der Waals surface area (Å²) < 4.78 is 7.19. The number of ether oxygens (including phenoxy) is 1. The standard InChI is InChI=1S/C19H25N3O2/c1-14(2)16-13-17(22(3)21-16)18(23)20-19(9-11-24-12-10-19)15-7-5-4-6-8-15/h4-8,13-14H,9-12H2,1-3H3,(H,20,23). The third-order valence-corrected chi connectivity index (χ3v) is 4.75. The zero-order chi connectivity index (χ0) is 17.2. The van der Waals surface area contributed by atoms with Crippen LogP contribution in [0.25, 0.3) is 0 Å². The van der Waals surface area contributed by atoms with Crippen LogP contribution >= 0.6 is 0 Å². The molecular formula is C19H25N3O2. The number of nitrogens with zero attached hydrogens (tertiary/aromatic N) is 2. The summed E-state index contributed by atoms with van der Waals surface area (Å²) in [7, 11) is 1.82. The molecule has 0 saturated carbocycles. The molecule has 1 aliphatic heterocycles. The van der Waals surface area contributed by atoms with Crippen molar-refractivity contribution in [1.29, 1.82) is 0 Å². The SMILES string of the molecule is CC(C)c1cc(C(=O)NC2(c3ccccc3)CCOCC2)n(C)n1. The largest absolute Gasteiger partial charge is 0.381 e. The summed E-state index contributed by atoms with van der Waals surface area (Å²) in [6, 6.07) is 12.1. The molecule has 5 heteroatoms. The van der Waals surface area contributed by atoms with Crippen molar-refractivity contribution in [3.05, 3.63) is 53.3 Å². The lowest BCUT2D eigenvalue weighted by atomic mass is 9.82. The van der Waals surface area contributed by atoms with Crippen molar-refractivity contribution in [1.82, 2.24) is 15.1 Å². The van der Waals surface area contributed by atoms with Gasteiger partial charge in [-0.1, -0.05) is 44.2 Å². The van der Waals surface area contributed by atoms with E-state index in [1.165, 1.54) is 0 Å². The minimum atomic E-state index is -0.376. The van der Waals surface area contributed by atoms with Crippen molar-refractivity contribution >= 4 is 5.91 Å². The normalized spacial score (nSPS) is 17.0. The molecule has 3 rings (SSSR count). The van der Waals surface area contributed by atoms with E-state index < -0.39 is 0 Å². The third-order valence-electron chi connectivity index (χ3n) is 4.75. The first-order valence-electron chi connectivity index (χ1n) is 8.51. The number of aromatic nitrogens is 2. The highest BCUT2D eigenvalue weighted by Crippen LogP contribution is 2.32. The average molecular weight is 327 g/mol. The van der Waals surface area contributed by atoms with E-state index in [-0.39, 0.29) is 11.4 Å². The summed E-state index contributed by atoms with van der Waals surface area (Å²) in [6.07, 6.45) is 1.55. The van der Waals surface area contributed by atoms with Crippen LogP contribution in [-0.2, 0) is 17.3 Å². The Morgan fingerprint density at radius 2 is 1.92 bits per heavy atom. The molecule has 1 aromatic heterocycles. The van der Waals surface area contributed by atoms with Gasteiger partial charge in [-0.15, -0.1) is 0 Å². The van der Waals surface area contributed by atoms with Crippen molar-refractivity contribution < 1.29 is 9.53 Å². The Morgan fingerprint density at radius 3 is 2.50 bits per heavy atom. The predicted molar refractivity (Wildman–Crippen MR) is 92.9 cm³/mol. The smallest absolute Gasteiger partial charge is 0.270 e. The molecule has 1 fully saturated rings. The van der Waals surface area contributed by atoms with Crippen LogP contribution < -0.4 is 5.32 Å². The topological polar surface area (TPSA) is 56.1 Å². The predicted octanol–water partition coefficient (Wildman–Crippen LogP) is 2.98. The van der Waals surface area contributed by atoms with Crippen LogP contribution in [0.5, 0.6) is 0 Å². The van der Waals surface area contributed by atoms with E-state index in [0.717, 1.165) is 24.1 Å². The molecule has 2 aromatic rings. The molecule has 2 heterocycles. The second kappa shape index (κ2) is 6.77. The molecule has 0 aliphatic carbocycles. The zero-order valence-electron chi connectivity index (χ0n) is 14.6. The van der Waals surface area contributed by atoms with Gasteiger partial charge in [0.25, 0.3) is 5.91 Å². The number of nitrogens with one attached hydrogen (secondary N) is 1. The highest BCUT2D eigenvalue weighted by Gasteiger charge is 2.36. The van der Waals surface area contributed by atoms with E-state index >= 15 is 0 Å². The number of rotatable bonds is 4. The second-order valence-electron chi connectivity index (χ2n) is 6.75. The minimum absolute atomic E-state index is 0.0809. The molecule has 0 atom stereocenters. The summed E-state index contributed by atoms with van der Waals surface area (Å²) in [5, 5.41) is 7.73. The highest BCUT2D eigenvalue weighted by molar-refractivity contribution is 5.93. The summed E-state index contributed by atoms with van der Waals surface area (Å²) in [6.45, 7) is 5.46. The number of carbonyl (C=O) groups is 1. The number of aryl methyl sites for hydroxylation is 1. The van der Waals surface area contributed by atoms with Crippen LogP contribution in [0, 0.1) is 0 Å². The number of hydrogen-bond acceptors (Lipinski definition) is 3. The molecule has 5 nitrogen and oxygen atoms in total. The average Bonchev–Trinajstić information content (AvgIpc) is 2.99. The lowest BCUT2D eigenvalue weighted by molar-refractivity contribution is 0.0343. The van der Waals surface area contributed by atoms with Crippen LogP contribution in [-0.4, -0.2) is 28.9 Å². The number of carbonyl (C=O) groups excluding carboxylic acids is 1. The van der Waals surface area contributed by atoms with Gasteiger partial charge < -0.3 is 10.1 Å². The molecule has 0 bridgehead atoms. The Bertz CT molecular complexity index is 701. The lowest BCUT2D eigenvalue weighted by Gasteiger charge is -2.38. The van der Waals surface area contributed by atoms with E-state index in [4.69, 9.17) is 4.74 Å². The van der Waals surface area contributed by atoms with Gasteiger partial charge in [-0.2, -0.15) is 5.10 Å². The Hall–Kier alpha value is -2.14. The molecule has 24 heavy (non-hydrogen) atoms. The van der Waals surface area contributed by atoms with Gasteiger partial charge in [0.15, 0.2) is 0 Å². The fourth-order valence-corrected chi connectivity index (χ4v) is 3.23. The Kier molecular flexibility index (Phi) is 4.71. The molecule has 1 saturated heterocycles. The van der Waals surface area contributed by atoms with Gasteiger partial charge >= 0.3 is 0 Å². The quantitative estimate of drug-likeness (QED) is 0.939. The van der Waals surface area contributed by atoms with Gasteiger partial charge in [-0.3, -0.25) is 9.48 Å². The summed E-state index contributed by atoms with van der Waals surface area (Å²) in [4.78, 5) is 12.9. The molecule has 128 valence electrons. The first kappa shape index (κ1) is 16.7. The Balaban J connectivity index is 1.89. The van der Waals surface area contributed by atoms with Crippen molar-refractivity contribution in [2.45, 2.75) is 38.1 Å².